The molecule has 6 nitrogen and oxygen atoms in total. The molecule has 0 aromatic heterocycles. The molecule has 0 spiro atoms. The largest absolute Gasteiger partial charge is 0.469 e. The standard InChI is InChI=1S/C13H17NO5S/c1-14-11(9-7-5-4-6-8-9)10(12(15)18-2)13(19-14)20(3,16)17/h4-8,10-11,13H,1-3H3/t10-,11?,13-/m1/s1. The van der Waals surface area contributed by atoms with Crippen LogP contribution in [0.15, 0.2) is 30.3 Å². The van der Waals surface area contributed by atoms with Crippen LogP contribution >= 0.6 is 0 Å². The summed E-state index contributed by atoms with van der Waals surface area (Å²) in [6, 6.07) is 8.65. The van der Waals surface area contributed by atoms with Crippen LogP contribution < -0.4 is 0 Å². The predicted octanol–water partition coefficient (Wildman–Crippen LogP) is 0.765. The molecule has 2 rings (SSSR count). The van der Waals surface area contributed by atoms with E-state index in [1.165, 1.54) is 12.2 Å². The maximum Gasteiger partial charge on any atom is 0.314 e. The molecular formula is C13H17NO5S. The summed E-state index contributed by atoms with van der Waals surface area (Å²) >= 11 is 0. The summed E-state index contributed by atoms with van der Waals surface area (Å²) in [4.78, 5) is 17.4. The first-order valence-electron chi connectivity index (χ1n) is 6.07. The number of methoxy groups -OCH3 is 1. The van der Waals surface area contributed by atoms with E-state index in [0.717, 1.165) is 11.8 Å². The smallest absolute Gasteiger partial charge is 0.314 e. The summed E-state index contributed by atoms with van der Waals surface area (Å²) in [7, 11) is -0.697. The molecule has 0 saturated carbocycles. The van der Waals surface area contributed by atoms with Crippen LogP contribution in [0.5, 0.6) is 0 Å². The lowest BCUT2D eigenvalue weighted by Gasteiger charge is -2.21. The lowest BCUT2D eigenvalue weighted by molar-refractivity contribution is -0.146. The lowest BCUT2D eigenvalue weighted by atomic mass is 9.94. The minimum absolute atomic E-state index is 0.497. The Morgan fingerprint density at radius 2 is 1.90 bits per heavy atom. The molecule has 1 aromatic carbocycles. The van der Waals surface area contributed by atoms with Crippen molar-refractivity contribution in [2.45, 2.75) is 11.5 Å². The van der Waals surface area contributed by atoms with Crippen LogP contribution in [0.2, 0.25) is 0 Å². The van der Waals surface area contributed by atoms with Gasteiger partial charge in [0.15, 0.2) is 15.3 Å². The number of hydroxylamine groups is 2. The number of hydrogen-bond acceptors (Lipinski definition) is 6. The molecule has 1 aromatic rings. The molecule has 0 N–H and O–H groups in total. The van der Waals surface area contributed by atoms with Gasteiger partial charge in [0, 0.05) is 13.3 Å². The maximum absolute atomic E-state index is 12.0. The molecule has 0 bridgehead atoms. The number of nitrogens with zero attached hydrogens (tertiary/aromatic N) is 1. The van der Waals surface area contributed by atoms with Crippen molar-refractivity contribution in [1.82, 2.24) is 5.06 Å². The molecule has 0 aliphatic carbocycles. The number of benzene rings is 1. The number of esters is 1. The Labute approximate surface area is 118 Å². The van der Waals surface area contributed by atoms with Crippen LogP contribution in [0.25, 0.3) is 0 Å². The first-order chi connectivity index (χ1) is 9.36. The van der Waals surface area contributed by atoms with Crippen molar-refractivity contribution >= 4 is 15.8 Å². The second kappa shape index (κ2) is 5.51. The van der Waals surface area contributed by atoms with Gasteiger partial charge in [0.2, 0.25) is 0 Å². The summed E-state index contributed by atoms with van der Waals surface area (Å²) < 4.78 is 28.4. The van der Waals surface area contributed by atoms with E-state index in [0.29, 0.717) is 0 Å². The number of rotatable bonds is 3. The second-order valence-electron chi connectivity index (χ2n) is 4.75. The molecule has 20 heavy (non-hydrogen) atoms. The van der Waals surface area contributed by atoms with Crippen LogP contribution in [-0.4, -0.2) is 45.3 Å². The van der Waals surface area contributed by atoms with Crippen LogP contribution in [-0.2, 0) is 24.2 Å². The van der Waals surface area contributed by atoms with E-state index < -0.39 is 33.2 Å². The normalized spacial score (nSPS) is 27.4. The molecule has 110 valence electrons. The van der Waals surface area contributed by atoms with Crippen molar-refractivity contribution in [3.8, 4) is 0 Å². The van der Waals surface area contributed by atoms with Crippen LogP contribution in [0, 0.1) is 5.92 Å². The van der Waals surface area contributed by atoms with E-state index in [4.69, 9.17) is 9.57 Å². The van der Waals surface area contributed by atoms with E-state index in [1.807, 2.05) is 30.3 Å². The summed E-state index contributed by atoms with van der Waals surface area (Å²) in [5.41, 5.74) is -0.429. The fraction of sp³-hybridized carbons (Fsp3) is 0.462. The van der Waals surface area contributed by atoms with Crippen LogP contribution in [0.4, 0.5) is 0 Å². The van der Waals surface area contributed by atoms with Crippen molar-refractivity contribution in [1.29, 1.82) is 0 Å². The van der Waals surface area contributed by atoms with E-state index in [1.54, 1.807) is 7.05 Å². The van der Waals surface area contributed by atoms with Gasteiger partial charge >= 0.3 is 5.97 Å². The first-order valence-corrected chi connectivity index (χ1v) is 8.03. The zero-order valence-corrected chi connectivity index (χ0v) is 12.3. The van der Waals surface area contributed by atoms with Gasteiger partial charge in [-0.05, 0) is 5.56 Å². The first kappa shape index (κ1) is 15.0. The van der Waals surface area contributed by atoms with Gasteiger partial charge < -0.3 is 4.74 Å². The number of hydrogen-bond donors (Lipinski definition) is 0. The minimum atomic E-state index is -3.55. The highest BCUT2D eigenvalue weighted by Crippen LogP contribution is 2.40. The highest BCUT2D eigenvalue weighted by atomic mass is 32.2. The van der Waals surface area contributed by atoms with Crippen molar-refractivity contribution < 1.29 is 22.8 Å². The third-order valence-corrected chi connectivity index (χ3v) is 4.55. The molecular weight excluding hydrogens is 282 g/mol. The fourth-order valence-electron chi connectivity index (χ4n) is 2.46. The summed E-state index contributed by atoms with van der Waals surface area (Å²) in [6.45, 7) is 0. The molecule has 1 unspecified atom stereocenters. The number of ether oxygens (including phenoxy) is 1. The van der Waals surface area contributed by atoms with Crippen LogP contribution in [0.3, 0.4) is 0 Å². The molecule has 1 fully saturated rings. The van der Waals surface area contributed by atoms with Gasteiger partial charge in [0.05, 0.1) is 13.2 Å². The zero-order valence-electron chi connectivity index (χ0n) is 11.5. The van der Waals surface area contributed by atoms with Crippen LogP contribution in [0.1, 0.15) is 11.6 Å². The Balaban J connectivity index is 2.47. The molecule has 0 amide bonds. The average Bonchev–Trinajstić information content (AvgIpc) is 2.76. The molecule has 7 heteroatoms. The number of carbonyl (C=O) groups excluding carboxylic acids is 1. The monoisotopic (exact) mass is 299 g/mol. The Morgan fingerprint density at radius 3 is 2.40 bits per heavy atom. The SMILES string of the molecule is COC(=O)[C@H]1C(c2ccccc2)N(C)O[C@@H]1S(C)(=O)=O. The summed E-state index contributed by atoms with van der Waals surface area (Å²) in [5, 5.41) is 1.41. The third-order valence-electron chi connectivity index (χ3n) is 3.33. The molecule has 3 atom stereocenters. The van der Waals surface area contributed by atoms with Crippen molar-refractivity contribution in [3.63, 3.8) is 0 Å². The van der Waals surface area contributed by atoms with E-state index in [2.05, 4.69) is 0 Å². The Morgan fingerprint density at radius 1 is 1.30 bits per heavy atom. The van der Waals surface area contributed by atoms with E-state index in [-0.39, 0.29) is 0 Å². The van der Waals surface area contributed by atoms with Gasteiger partial charge in [0.25, 0.3) is 0 Å². The maximum atomic E-state index is 12.0. The van der Waals surface area contributed by atoms with Gasteiger partial charge in [-0.1, -0.05) is 30.3 Å². The number of carbonyl (C=O) groups is 1. The highest BCUT2D eigenvalue weighted by molar-refractivity contribution is 7.91. The van der Waals surface area contributed by atoms with Gasteiger partial charge in [-0.3, -0.25) is 9.63 Å². The van der Waals surface area contributed by atoms with Gasteiger partial charge in [-0.15, -0.1) is 0 Å². The zero-order chi connectivity index (χ0) is 14.9. The summed E-state index contributed by atoms with van der Waals surface area (Å²) in [5.74, 6) is -1.51. The highest BCUT2D eigenvalue weighted by Gasteiger charge is 2.52. The molecule has 1 aliphatic heterocycles. The van der Waals surface area contributed by atoms with Gasteiger partial charge in [-0.25, -0.2) is 8.42 Å². The Kier molecular flexibility index (Phi) is 4.12. The Bertz CT molecular complexity index is 586. The van der Waals surface area contributed by atoms with Gasteiger partial charge in [-0.2, -0.15) is 5.06 Å². The molecule has 1 aliphatic rings. The van der Waals surface area contributed by atoms with Crippen molar-refractivity contribution in [3.05, 3.63) is 35.9 Å². The van der Waals surface area contributed by atoms with E-state index in [9.17, 15) is 13.2 Å². The Hall–Kier alpha value is -1.44. The molecule has 1 saturated heterocycles. The quantitative estimate of drug-likeness (QED) is 0.767. The second-order valence-corrected chi connectivity index (χ2v) is 6.88. The summed E-state index contributed by atoms with van der Waals surface area (Å²) in [6.07, 6.45) is 1.05. The lowest BCUT2D eigenvalue weighted by Crippen LogP contribution is -2.34. The van der Waals surface area contributed by atoms with Gasteiger partial charge in [0.1, 0.15) is 5.92 Å². The third kappa shape index (κ3) is 2.70. The van der Waals surface area contributed by atoms with Crippen molar-refractivity contribution in [2.75, 3.05) is 20.4 Å². The average molecular weight is 299 g/mol. The number of sulfone groups is 1. The minimum Gasteiger partial charge on any atom is -0.469 e. The topological polar surface area (TPSA) is 72.9 Å². The fourth-order valence-corrected chi connectivity index (χ4v) is 3.54. The van der Waals surface area contributed by atoms with Crippen molar-refractivity contribution in [2.24, 2.45) is 5.92 Å². The predicted molar refractivity (Wildman–Crippen MR) is 72.2 cm³/mol. The van der Waals surface area contributed by atoms with E-state index >= 15 is 0 Å². The molecule has 1 heterocycles. The molecule has 0 radical (unpaired) electrons.